The number of pyridine rings is 2. The number of nitrogens with zero attached hydrogens (tertiary/aromatic N) is 2. The van der Waals surface area contributed by atoms with Crippen LogP contribution >= 0.6 is 11.8 Å². The van der Waals surface area contributed by atoms with E-state index in [9.17, 15) is 14.0 Å². The molecular weight excluding hydrogens is 483 g/mol. The maximum absolute atomic E-state index is 12.7. The fourth-order valence-electron chi connectivity index (χ4n) is 3.35. The predicted octanol–water partition coefficient (Wildman–Crippen LogP) is 5.04. The highest BCUT2D eigenvalue weighted by atomic mass is 32.2. The number of rotatable bonds is 4. The third-order valence-electron chi connectivity index (χ3n) is 5.12. The lowest BCUT2D eigenvalue weighted by molar-refractivity contribution is 0.0694. The highest BCUT2D eigenvalue weighted by molar-refractivity contribution is 7.99. The molecule has 0 saturated heterocycles. The first kappa shape index (κ1) is 24.8. The van der Waals surface area contributed by atoms with Gasteiger partial charge in [-0.25, -0.2) is 14.2 Å². The van der Waals surface area contributed by atoms with Gasteiger partial charge in [-0.3, -0.25) is 9.36 Å². The fourth-order valence-corrected chi connectivity index (χ4v) is 4.36. The number of carboxylic acids is 1. The van der Waals surface area contributed by atoms with Gasteiger partial charge in [0.1, 0.15) is 28.7 Å². The van der Waals surface area contributed by atoms with Gasteiger partial charge in [0.15, 0.2) is 0 Å². The minimum absolute atomic E-state index is 0.322. The third-order valence-corrected chi connectivity index (χ3v) is 6.29. The van der Waals surface area contributed by atoms with Crippen LogP contribution in [0.1, 0.15) is 16.8 Å². The Balaban J connectivity index is 0.000000170. The molecule has 184 valence electrons. The smallest absolute Gasteiger partial charge is 0.341 e. The molecule has 0 spiro atoms. The van der Waals surface area contributed by atoms with Crippen LogP contribution in [-0.4, -0.2) is 32.9 Å². The average Bonchev–Trinajstić information content (AvgIpc) is 3.13. The van der Waals surface area contributed by atoms with Crippen LogP contribution in [0.2, 0.25) is 0 Å². The van der Waals surface area contributed by atoms with Gasteiger partial charge < -0.3 is 20.9 Å². The maximum atomic E-state index is 12.7. The molecule has 0 amide bonds. The number of benzene rings is 2. The first-order valence-electron chi connectivity index (χ1n) is 11.0. The zero-order valence-corrected chi connectivity index (χ0v) is 19.9. The number of anilines is 2. The van der Waals surface area contributed by atoms with Gasteiger partial charge in [0.2, 0.25) is 0 Å². The number of thioether (sulfide) groups is 1. The Morgan fingerprint density at radius 3 is 2.58 bits per heavy atom. The Kier molecular flexibility index (Phi) is 7.86. The molecule has 2 aromatic heterocycles. The summed E-state index contributed by atoms with van der Waals surface area (Å²) in [4.78, 5) is 28.0. The van der Waals surface area contributed by atoms with E-state index in [2.05, 4.69) is 10.3 Å². The second-order valence-corrected chi connectivity index (χ2v) is 8.77. The summed E-state index contributed by atoms with van der Waals surface area (Å²) in [6.45, 7) is 0.957. The van der Waals surface area contributed by atoms with Crippen molar-refractivity contribution in [2.45, 2.75) is 11.3 Å². The van der Waals surface area contributed by atoms with E-state index >= 15 is 0 Å². The molecule has 10 heteroatoms. The minimum atomic E-state index is -1.29. The summed E-state index contributed by atoms with van der Waals surface area (Å²) in [5.74, 6) is 1.91. The molecule has 0 atom stereocenters. The van der Waals surface area contributed by atoms with Gasteiger partial charge in [0.25, 0.3) is 5.56 Å². The van der Waals surface area contributed by atoms with Crippen molar-refractivity contribution in [1.82, 2.24) is 9.55 Å². The molecule has 3 heterocycles. The molecule has 4 aromatic rings. The van der Waals surface area contributed by atoms with Crippen molar-refractivity contribution in [2.24, 2.45) is 0 Å². The first-order valence-corrected chi connectivity index (χ1v) is 12.0. The largest absolute Gasteiger partial charge is 0.477 e. The lowest BCUT2D eigenvalue weighted by atomic mass is 10.2. The number of nitrogens with one attached hydrogen (secondary N) is 1. The van der Waals surface area contributed by atoms with Crippen LogP contribution in [0.5, 0.6) is 11.5 Å². The second kappa shape index (κ2) is 11.4. The Morgan fingerprint density at radius 1 is 1.11 bits per heavy atom. The first-order chi connectivity index (χ1) is 17.4. The van der Waals surface area contributed by atoms with E-state index in [1.54, 1.807) is 18.0 Å². The Hall–Kier alpha value is -4.31. The normalized spacial score (nSPS) is 12.2. The zero-order chi connectivity index (χ0) is 25.5. The fraction of sp³-hybridized carbons (Fsp3) is 0.115. The quantitative estimate of drug-likeness (QED) is 0.330. The van der Waals surface area contributed by atoms with Crippen LogP contribution in [-0.2, 0) is 0 Å². The minimum Gasteiger partial charge on any atom is -0.477 e. The zero-order valence-electron chi connectivity index (χ0n) is 19.1. The number of halogens is 1. The number of aromatic nitrogens is 2. The van der Waals surface area contributed by atoms with Crippen LogP contribution < -0.4 is 21.3 Å². The number of nitrogen functional groups attached to an aromatic ring is 1. The van der Waals surface area contributed by atoms with Gasteiger partial charge in [0.05, 0.1) is 4.90 Å². The van der Waals surface area contributed by atoms with Gasteiger partial charge in [-0.05, 0) is 72.8 Å². The number of aromatic carboxylic acids is 1. The lowest BCUT2D eigenvalue weighted by Crippen LogP contribution is -2.24. The molecule has 1 aliphatic heterocycles. The van der Waals surface area contributed by atoms with E-state index in [-0.39, 0.29) is 5.56 Å². The van der Waals surface area contributed by atoms with Gasteiger partial charge >= 0.3 is 5.97 Å². The monoisotopic (exact) mass is 506 g/mol. The highest BCUT2D eigenvalue weighted by Crippen LogP contribution is 2.38. The van der Waals surface area contributed by atoms with Gasteiger partial charge in [0, 0.05) is 36.4 Å². The number of fused-ring (bicyclic) bond motifs is 1. The van der Waals surface area contributed by atoms with Crippen LogP contribution in [0.4, 0.5) is 15.9 Å². The summed E-state index contributed by atoms with van der Waals surface area (Å²) in [6, 6.07) is 17.2. The Bertz CT molecular complexity index is 1410. The molecule has 0 fully saturated rings. The second-order valence-electron chi connectivity index (χ2n) is 7.67. The number of ether oxygens (including phenoxy) is 1. The third kappa shape index (κ3) is 6.02. The molecular formula is C26H23FN4O4S. The van der Waals surface area contributed by atoms with E-state index in [1.807, 2.05) is 30.3 Å². The van der Waals surface area contributed by atoms with Crippen molar-refractivity contribution in [3.05, 3.63) is 101 Å². The maximum Gasteiger partial charge on any atom is 0.341 e. The van der Waals surface area contributed by atoms with Crippen molar-refractivity contribution in [3.8, 4) is 17.2 Å². The molecule has 0 aliphatic carbocycles. The number of hydrogen-bond donors (Lipinski definition) is 3. The number of carboxylic acid groups (broad SMARTS) is 1. The van der Waals surface area contributed by atoms with Gasteiger partial charge in [-0.1, -0.05) is 0 Å². The molecule has 0 unspecified atom stereocenters. The van der Waals surface area contributed by atoms with E-state index in [1.165, 1.54) is 42.6 Å². The predicted molar refractivity (Wildman–Crippen MR) is 138 cm³/mol. The van der Waals surface area contributed by atoms with Gasteiger partial charge in [-0.2, -0.15) is 0 Å². The highest BCUT2D eigenvalue weighted by Gasteiger charge is 2.15. The van der Waals surface area contributed by atoms with E-state index in [0.29, 0.717) is 5.69 Å². The summed E-state index contributed by atoms with van der Waals surface area (Å²) in [5, 5.41) is 12.1. The summed E-state index contributed by atoms with van der Waals surface area (Å²) in [7, 11) is 0. The number of carbonyl (C=O) groups is 1. The molecule has 8 nitrogen and oxygen atoms in total. The van der Waals surface area contributed by atoms with Gasteiger partial charge in [-0.15, -0.1) is 11.8 Å². The Labute approximate surface area is 210 Å². The van der Waals surface area contributed by atoms with Crippen molar-refractivity contribution in [3.63, 3.8) is 0 Å². The SMILES string of the molecule is Nc1ccc(Oc2ccnc3c2SCCCN3)cc1.O=C(O)c1cccn(-c2ccc(F)cc2)c1=O. The topological polar surface area (TPSA) is 119 Å². The molecule has 4 N–H and O–H groups in total. The summed E-state index contributed by atoms with van der Waals surface area (Å²) < 4.78 is 19.8. The molecule has 0 radical (unpaired) electrons. The van der Waals surface area contributed by atoms with E-state index < -0.39 is 17.3 Å². The van der Waals surface area contributed by atoms with Crippen molar-refractivity contribution in [1.29, 1.82) is 0 Å². The summed E-state index contributed by atoms with van der Waals surface area (Å²) in [5.41, 5.74) is 5.85. The lowest BCUT2D eigenvalue weighted by Gasteiger charge is -2.12. The van der Waals surface area contributed by atoms with Crippen molar-refractivity contribution < 1.29 is 19.0 Å². The molecule has 2 aromatic carbocycles. The van der Waals surface area contributed by atoms with E-state index in [4.69, 9.17) is 15.6 Å². The van der Waals surface area contributed by atoms with Crippen LogP contribution in [0.25, 0.3) is 5.69 Å². The van der Waals surface area contributed by atoms with Crippen molar-refractivity contribution >= 4 is 29.2 Å². The molecule has 0 saturated carbocycles. The standard InChI is InChI=1S/C14H15N3OS.C12H8FNO3/c15-10-2-4-11(5-3-10)18-12-6-8-17-14-13(12)19-9-1-7-16-14;13-8-3-5-9(6-4-8)14-7-1-2-10(11(14)15)12(16)17/h2-6,8H,1,7,9,15H2,(H,16,17);1-7H,(H,16,17). The van der Waals surface area contributed by atoms with E-state index in [0.717, 1.165) is 51.2 Å². The summed E-state index contributed by atoms with van der Waals surface area (Å²) in [6.07, 6.45) is 4.33. The summed E-state index contributed by atoms with van der Waals surface area (Å²) >= 11 is 1.78. The molecule has 5 rings (SSSR count). The average molecular weight is 507 g/mol. The van der Waals surface area contributed by atoms with Crippen LogP contribution in [0.3, 0.4) is 0 Å². The van der Waals surface area contributed by atoms with Crippen LogP contribution in [0, 0.1) is 5.82 Å². The van der Waals surface area contributed by atoms with Crippen LogP contribution in [0.15, 0.2) is 88.8 Å². The van der Waals surface area contributed by atoms with Crippen molar-refractivity contribution in [2.75, 3.05) is 23.3 Å². The number of hydrogen-bond acceptors (Lipinski definition) is 7. The molecule has 0 bridgehead atoms. The Morgan fingerprint density at radius 2 is 1.86 bits per heavy atom. The number of nitrogens with two attached hydrogens (primary N) is 1. The molecule has 1 aliphatic rings. The molecule has 36 heavy (non-hydrogen) atoms.